The van der Waals surface area contributed by atoms with Crippen LogP contribution in [0.3, 0.4) is 0 Å². The first-order valence-electron chi connectivity index (χ1n) is 6.44. The molecule has 0 radical (unpaired) electrons. The van der Waals surface area contributed by atoms with Crippen molar-refractivity contribution in [1.82, 2.24) is 5.32 Å². The molecule has 0 aromatic heterocycles. The zero-order chi connectivity index (χ0) is 14.7. The van der Waals surface area contributed by atoms with Crippen molar-refractivity contribution < 1.29 is 0 Å². The molecule has 1 N–H and O–H groups in total. The quantitative estimate of drug-likeness (QED) is 0.719. The molecular formula is C16H16Cl3N. The van der Waals surface area contributed by atoms with Crippen molar-refractivity contribution >= 4 is 34.8 Å². The Labute approximate surface area is 134 Å². The number of hydrogen-bond acceptors (Lipinski definition) is 1. The first-order valence-corrected chi connectivity index (χ1v) is 7.58. The smallest absolute Gasteiger partial charge is 0.0639 e. The Morgan fingerprint density at radius 3 is 2.30 bits per heavy atom. The summed E-state index contributed by atoms with van der Waals surface area (Å²) in [7, 11) is 0. The highest BCUT2D eigenvalue weighted by molar-refractivity contribution is 6.42. The molecule has 0 bridgehead atoms. The second-order valence-corrected chi connectivity index (χ2v) is 6.03. The molecule has 0 heterocycles. The molecule has 106 valence electrons. The van der Waals surface area contributed by atoms with Crippen LogP contribution < -0.4 is 5.32 Å². The molecule has 0 saturated heterocycles. The van der Waals surface area contributed by atoms with E-state index >= 15 is 0 Å². The van der Waals surface area contributed by atoms with E-state index < -0.39 is 0 Å². The molecule has 0 aliphatic rings. The average molecular weight is 329 g/mol. The SMILES string of the molecule is CC(N[C@H](C)c1cccc(Cl)c1)c1cccc(Cl)c1Cl. The van der Waals surface area contributed by atoms with E-state index in [0.29, 0.717) is 10.0 Å². The third kappa shape index (κ3) is 3.67. The molecule has 1 nitrogen and oxygen atoms in total. The average Bonchev–Trinajstić information content (AvgIpc) is 2.41. The fourth-order valence-corrected chi connectivity index (χ4v) is 2.86. The molecule has 0 amide bonds. The Hall–Kier alpha value is -0.730. The van der Waals surface area contributed by atoms with Crippen LogP contribution in [0.4, 0.5) is 0 Å². The molecule has 0 saturated carbocycles. The molecule has 0 spiro atoms. The largest absolute Gasteiger partial charge is 0.304 e. The van der Waals surface area contributed by atoms with Crippen LogP contribution >= 0.6 is 34.8 Å². The molecular weight excluding hydrogens is 313 g/mol. The summed E-state index contributed by atoms with van der Waals surface area (Å²) in [5.74, 6) is 0. The van der Waals surface area contributed by atoms with Crippen molar-refractivity contribution in [3.05, 3.63) is 68.7 Å². The van der Waals surface area contributed by atoms with E-state index in [2.05, 4.69) is 25.2 Å². The highest BCUT2D eigenvalue weighted by atomic mass is 35.5. The lowest BCUT2D eigenvalue weighted by atomic mass is 10.0. The summed E-state index contributed by atoms with van der Waals surface area (Å²) in [4.78, 5) is 0. The first kappa shape index (κ1) is 15.7. The Morgan fingerprint density at radius 1 is 0.900 bits per heavy atom. The van der Waals surface area contributed by atoms with Crippen molar-refractivity contribution in [3.8, 4) is 0 Å². The van der Waals surface area contributed by atoms with Crippen molar-refractivity contribution in [2.45, 2.75) is 25.9 Å². The van der Waals surface area contributed by atoms with Crippen LogP contribution in [0.25, 0.3) is 0 Å². The van der Waals surface area contributed by atoms with Gasteiger partial charge in [0, 0.05) is 17.1 Å². The predicted octanol–water partition coefficient (Wildman–Crippen LogP) is 6.06. The summed E-state index contributed by atoms with van der Waals surface area (Å²) in [6.07, 6.45) is 0. The molecule has 2 rings (SSSR count). The van der Waals surface area contributed by atoms with Gasteiger partial charge in [-0.2, -0.15) is 0 Å². The second-order valence-electron chi connectivity index (χ2n) is 4.81. The summed E-state index contributed by atoms with van der Waals surface area (Å²) < 4.78 is 0. The lowest BCUT2D eigenvalue weighted by Gasteiger charge is -2.22. The van der Waals surface area contributed by atoms with Gasteiger partial charge >= 0.3 is 0 Å². The molecule has 1 unspecified atom stereocenters. The maximum Gasteiger partial charge on any atom is 0.0639 e. The van der Waals surface area contributed by atoms with Gasteiger partial charge < -0.3 is 5.32 Å². The van der Waals surface area contributed by atoms with Gasteiger partial charge in [0.2, 0.25) is 0 Å². The number of benzene rings is 2. The summed E-state index contributed by atoms with van der Waals surface area (Å²) in [6, 6.07) is 13.8. The van der Waals surface area contributed by atoms with Crippen LogP contribution in [0.2, 0.25) is 15.1 Å². The summed E-state index contributed by atoms with van der Waals surface area (Å²) >= 11 is 18.3. The van der Waals surface area contributed by atoms with Gasteiger partial charge in [-0.15, -0.1) is 0 Å². The zero-order valence-corrected chi connectivity index (χ0v) is 13.6. The van der Waals surface area contributed by atoms with Crippen molar-refractivity contribution in [2.75, 3.05) is 0 Å². The highest BCUT2D eigenvalue weighted by Gasteiger charge is 2.15. The van der Waals surface area contributed by atoms with Gasteiger partial charge in [-0.05, 0) is 43.2 Å². The summed E-state index contributed by atoms with van der Waals surface area (Å²) in [6.45, 7) is 4.17. The molecule has 4 heteroatoms. The number of rotatable bonds is 4. The predicted molar refractivity (Wildman–Crippen MR) is 87.9 cm³/mol. The van der Waals surface area contributed by atoms with Crippen LogP contribution in [0, 0.1) is 0 Å². The van der Waals surface area contributed by atoms with E-state index in [9.17, 15) is 0 Å². The number of halogens is 3. The number of hydrogen-bond donors (Lipinski definition) is 1. The molecule has 2 atom stereocenters. The monoisotopic (exact) mass is 327 g/mol. The lowest BCUT2D eigenvalue weighted by molar-refractivity contribution is 0.495. The fraction of sp³-hybridized carbons (Fsp3) is 0.250. The van der Waals surface area contributed by atoms with E-state index in [1.807, 2.05) is 30.3 Å². The van der Waals surface area contributed by atoms with Gasteiger partial charge in [0.25, 0.3) is 0 Å². The Kier molecular flexibility index (Phi) is 5.34. The minimum Gasteiger partial charge on any atom is -0.304 e. The van der Waals surface area contributed by atoms with Crippen LogP contribution in [0.1, 0.15) is 37.1 Å². The molecule has 2 aromatic carbocycles. The van der Waals surface area contributed by atoms with Crippen LogP contribution in [-0.2, 0) is 0 Å². The topological polar surface area (TPSA) is 12.0 Å². The zero-order valence-electron chi connectivity index (χ0n) is 11.3. The standard InChI is InChI=1S/C16H16Cl3N/c1-10(12-5-3-6-13(17)9-12)20-11(2)14-7-4-8-15(18)16(14)19/h3-11,20H,1-2H3/t10-,11?/m1/s1. The van der Waals surface area contributed by atoms with Crippen LogP contribution in [-0.4, -0.2) is 0 Å². The van der Waals surface area contributed by atoms with E-state index in [4.69, 9.17) is 34.8 Å². The summed E-state index contributed by atoms with van der Waals surface area (Å²) in [5, 5.41) is 5.43. The van der Waals surface area contributed by atoms with Crippen LogP contribution in [0.5, 0.6) is 0 Å². The van der Waals surface area contributed by atoms with Gasteiger partial charge in [-0.1, -0.05) is 59.1 Å². The first-order chi connectivity index (χ1) is 9.49. The van der Waals surface area contributed by atoms with E-state index in [-0.39, 0.29) is 12.1 Å². The fourth-order valence-electron chi connectivity index (χ4n) is 2.19. The van der Waals surface area contributed by atoms with Crippen molar-refractivity contribution in [3.63, 3.8) is 0 Å². The Balaban J connectivity index is 2.15. The van der Waals surface area contributed by atoms with Gasteiger partial charge in [-0.3, -0.25) is 0 Å². The maximum absolute atomic E-state index is 6.25. The lowest BCUT2D eigenvalue weighted by Crippen LogP contribution is -2.22. The molecule has 2 aromatic rings. The maximum atomic E-state index is 6.25. The minimum atomic E-state index is 0.0928. The Bertz CT molecular complexity index is 598. The molecule has 20 heavy (non-hydrogen) atoms. The van der Waals surface area contributed by atoms with Gasteiger partial charge in [0.1, 0.15) is 0 Å². The third-order valence-electron chi connectivity index (χ3n) is 3.30. The minimum absolute atomic E-state index is 0.0928. The molecule has 0 aliphatic heterocycles. The van der Waals surface area contributed by atoms with Crippen molar-refractivity contribution in [1.29, 1.82) is 0 Å². The van der Waals surface area contributed by atoms with E-state index in [1.165, 1.54) is 0 Å². The van der Waals surface area contributed by atoms with E-state index in [1.54, 1.807) is 6.07 Å². The van der Waals surface area contributed by atoms with Gasteiger partial charge in [-0.25, -0.2) is 0 Å². The highest BCUT2D eigenvalue weighted by Crippen LogP contribution is 2.31. The second kappa shape index (κ2) is 6.82. The number of nitrogens with one attached hydrogen (secondary N) is 1. The molecule has 0 aliphatic carbocycles. The third-order valence-corrected chi connectivity index (χ3v) is 4.37. The summed E-state index contributed by atoms with van der Waals surface area (Å²) in [5.41, 5.74) is 2.13. The van der Waals surface area contributed by atoms with Gasteiger partial charge in [0.05, 0.1) is 10.0 Å². The molecule has 0 fully saturated rings. The Morgan fingerprint density at radius 2 is 1.60 bits per heavy atom. The van der Waals surface area contributed by atoms with E-state index in [0.717, 1.165) is 16.1 Å². The van der Waals surface area contributed by atoms with Gasteiger partial charge in [0.15, 0.2) is 0 Å². The van der Waals surface area contributed by atoms with Crippen molar-refractivity contribution in [2.24, 2.45) is 0 Å². The normalized spacial score (nSPS) is 14.1. The van der Waals surface area contributed by atoms with Crippen LogP contribution in [0.15, 0.2) is 42.5 Å².